The van der Waals surface area contributed by atoms with Gasteiger partial charge in [-0.2, -0.15) is 0 Å². The van der Waals surface area contributed by atoms with Gasteiger partial charge in [-0.05, 0) is 36.2 Å². The number of nitrogens with one attached hydrogen (secondary N) is 1. The van der Waals surface area contributed by atoms with E-state index in [1.54, 1.807) is 20.8 Å². The molecular weight excluding hydrogens is 462 g/mol. The molecule has 4 N–H and O–H groups in total. The number of rotatable bonds is 5. The second-order valence-corrected chi connectivity index (χ2v) is 15.5. The lowest BCUT2D eigenvalue weighted by Gasteiger charge is -2.50. The maximum Gasteiger partial charge on any atom is 0.408 e. The van der Waals surface area contributed by atoms with Gasteiger partial charge in [-0.25, -0.2) is 4.79 Å². The van der Waals surface area contributed by atoms with Crippen LogP contribution in [0.1, 0.15) is 48.0 Å². The van der Waals surface area contributed by atoms with Gasteiger partial charge in [0.15, 0.2) is 0 Å². The first-order chi connectivity index (χ1) is 16.3. The Bertz CT molecular complexity index is 933. The maximum atomic E-state index is 12.7. The largest absolute Gasteiger partial charge is 0.444 e. The van der Waals surface area contributed by atoms with E-state index >= 15 is 0 Å². The highest BCUT2D eigenvalue weighted by Gasteiger charge is 2.55. The van der Waals surface area contributed by atoms with Crippen LogP contribution in [0.5, 0.6) is 0 Å². The SMILES string of the molecule is CC(C)(C)OC(=O)N[C@@H]1[C@@H](O[Si](c2ccccc2)(c2ccccc2)C(C)(C)C)[C@H](O)[C@H](O)C[C@H]1O. The molecule has 192 valence electrons. The molecule has 0 unspecified atom stereocenters. The number of ether oxygens (including phenoxy) is 1. The van der Waals surface area contributed by atoms with Crippen LogP contribution in [-0.4, -0.2) is 65.8 Å². The Morgan fingerprint density at radius 1 is 0.857 bits per heavy atom. The topological polar surface area (TPSA) is 108 Å². The van der Waals surface area contributed by atoms with Crippen LogP contribution in [-0.2, 0) is 9.16 Å². The molecule has 1 amide bonds. The summed E-state index contributed by atoms with van der Waals surface area (Å²) in [5, 5.41) is 36.9. The van der Waals surface area contributed by atoms with Gasteiger partial charge in [0.25, 0.3) is 8.32 Å². The lowest BCUT2D eigenvalue weighted by atomic mass is 9.85. The Hall–Kier alpha value is -2.23. The van der Waals surface area contributed by atoms with Crippen LogP contribution < -0.4 is 15.7 Å². The standard InChI is InChI=1S/C27H39NO6Si/c1-26(2,3)33-25(32)28-22-20(29)17-21(30)23(31)24(22)34-35(27(4,5)6,18-13-9-7-10-14-18)19-15-11-8-12-16-19/h7-16,20-24,29-31H,17H2,1-6H3,(H,28,32)/t20-,21-,22+,23-,24-/m1/s1. The fourth-order valence-corrected chi connectivity index (χ4v) is 9.55. The molecule has 3 rings (SSSR count). The van der Waals surface area contributed by atoms with Crippen molar-refractivity contribution in [3.8, 4) is 0 Å². The smallest absolute Gasteiger partial charge is 0.408 e. The molecular formula is C27H39NO6Si. The predicted octanol–water partition coefficient (Wildman–Crippen LogP) is 2.31. The summed E-state index contributed by atoms with van der Waals surface area (Å²) >= 11 is 0. The zero-order valence-corrected chi connectivity index (χ0v) is 22.4. The molecule has 1 saturated carbocycles. The fourth-order valence-electron chi connectivity index (χ4n) is 4.84. The van der Waals surface area contributed by atoms with Gasteiger partial charge in [-0.15, -0.1) is 0 Å². The molecule has 2 aromatic carbocycles. The first-order valence-electron chi connectivity index (χ1n) is 12.1. The van der Waals surface area contributed by atoms with E-state index in [0.29, 0.717) is 0 Å². The number of carbonyl (C=O) groups excluding carboxylic acids is 1. The highest BCUT2D eigenvalue weighted by Crippen LogP contribution is 2.39. The number of carbonyl (C=O) groups is 1. The van der Waals surface area contributed by atoms with E-state index in [1.807, 2.05) is 60.7 Å². The molecule has 0 heterocycles. The van der Waals surface area contributed by atoms with Crippen LogP contribution in [0.15, 0.2) is 60.7 Å². The van der Waals surface area contributed by atoms with Gasteiger partial charge in [0.1, 0.15) is 11.7 Å². The summed E-state index contributed by atoms with van der Waals surface area (Å²) in [5.74, 6) is 0. The van der Waals surface area contributed by atoms with Crippen molar-refractivity contribution in [2.75, 3.05) is 0 Å². The quantitative estimate of drug-likeness (QED) is 0.469. The van der Waals surface area contributed by atoms with Gasteiger partial charge in [0, 0.05) is 6.42 Å². The average molecular weight is 502 g/mol. The van der Waals surface area contributed by atoms with Gasteiger partial charge >= 0.3 is 6.09 Å². The molecule has 35 heavy (non-hydrogen) atoms. The van der Waals surface area contributed by atoms with Crippen molar-refractivity contribution in [1.82, 2.24) is 5.32 Å². The molecule has 0 spiro atoms. The Morgan fingerprint density at radius 2 is 1.34 bits per heavy atom. The molecule has 1 aliphatic carbocycles. The average Bonchev–Trinajstić information content (AvgIpc) is 2.76. The van der Waals surface area contributed by atoms with E-state index in [4.69, 9.17) is 9.16 Å². The van der Waals surface area contributed by atoms with Crippen LogP contribution in [0.4, 0.5) is 4.79 Å². The molecule has 7 nitrogen and oxygen atoms in total. The van der Waals surface area contributed by atoms with E-state index in [-0.39, 0.29) is 6.42 Å². The van der Waals surface area contributed by atoms with Crippen molar-refractivity contribution < 1.29 is 29.3 Å². The summed E-state index contributed by atoms with van der Waals surface area (Å²) in [6, 6.07) is 18.8. The second kappa shape index (κ2) is 10.4. The van der Waals surface area contributed by atoms with Crippen molar-refractivity contribution in [2.24, 2.45) is 0 Å². The Labute approximate surface area is 209 Å². The number of amides is 1. The number of benzene rings is 2. The molecule has 8 heteroatoms. The Kier molecular flexibility index (Phi) is 8.13. The summed E-state index contributed by atoms with van der Waals surface area (Å²) in [6.07, 6.45) is -5.55. The molecule has 0 aliphatic heterocycles. The summed E-state index contributed by atoms with van der Waals surface area (Å²) in [5.41, 5.74) is -0.740. The van der Waals surface area contributed by atoms with Crippen LogP contribution >= 0.6 is 0 Å². The molecule has 1 aliphatic rings. The first-order valence-corrected chi connectivity index (χ1v) is 14.0. The predicted molar refractivity (Wildman–Crippen MR) is 138 cm³/mol. The molecule has 0 aromatic heterocycles. The third-order valence-corrected chi connectivity index (χ3v) is 11.4. The van der Waals surface area contributed by atoms with E-state index in [1.165, 1.54) is 0 Å². The van der Waals surface area contributed by atoms with Crippen LogP contribution in [0, 0.1) is 0 Å². The number of aliphatic hydroxyl groups is 3. The second-order valence-electron chi connectivity index (χ2n) is 11.3. The van der Waals surface area contributed by atoms with Gasteiger partial charge in [0.05, 0.1) is 24.4 Å². The fraction of sp³-hybridized carbons (Fsp3) is 0.519. The van der Waals surface area contributed by atoms with E-state index in [9.17, 15) is 20.1 Å². The van der Waals surface area contributed by atoms with Gasteiger partial charge in [-0.1, -0.05) is 81.4 Å². The van der Waals surface area contributed by atoms with Crippen molar-refractivity contribution in [1.29, 1.82) is 0 Å². The molecule has 0 saturated heterocycles. The van der Waals surface area contributed by atoms with Crippen molar-refractivity contribution >= 4 is 24.8 Å². The summed E-state index contributed by atoms with van der Waals surface area (Å²) in [6.45, 7) is 11.5. The molecule has 1 fully saturated rings. The molecule has 2 aromatic rings. The van der Waals surface area contributed by atoms with Crippen molar-refractivity contribution in [2.45, 2.75) is 89.1 Å². The third-order valence-electron chi connectivity index (χ3n) is 6.40. The van der Waals surface area contributed by atoms with Gasteiger partial charge in [0.2, 0.25) is 0 Å². The minimum absolute atomic E-state index is 0.0950. The highest BCUT2D eigenvalue weighted by atomic mass is 28.4. The van der Waals surface area contributed by atoms with Crippen molar-refractivity contribution in [3.05, 3.63) is 60.7 Å². The van der Waals surface area contributed by atoms with E-state index in [0.717, 1.165) is 10.4 Å². The Morgan fingerprint density at radius 3 is 1.77 bits per heavy atom. The van der Waals surface area contributed by atoms with Crippen LogP contribution in [0.2, 0.25) is 5.04 Å². The lowest BCUT2D eigenvalue weighted by Crippen LogP contribution is -2.73. The van der Waals surface area contributed by atoms with E-state index < -0.39 is 55.5 Å². The number of alkyl carbamates (subject to hydrolysis) is 1. The van der Waals surface area contributed by atoms with Crippen LogP contribution in [0.3, 0.4) is 0 Å². The van der Waals surface area contributed by atoms with Gasteiger partial charge in [-0.3, -0.25) is 0 Å². The number of hydrogen-bond donors (Lipinski definition) is 4. The summed E-state index contributed by atoms with van der Waals surface area (Å²) in [7, 11) is -3.15. The lowest BCUT2D eigenvalue weighted by molar-refractivity contribution is -0.127. The highest BCUT2D eigenvalue weighted by molar-refractivity contribution is 6.99. The summed E-state index contributed by atoms with van der Waals surface area (Å²) in [4.78, 5) is 12.7. The summed E-state index contributed by atoms with van der Waals surface area (Å²) < 4.78 is 12.4. The van der Waals surface area contributed by atoms with Gasteiger partial charge < -0.3 is 29.8 Å². The minimum Gasteiger partial charge on any atom is -0.444 e. The monoisotopic (exact) mass is 501 g/mol. The van der Waals surface area contributed by atoms with E-state index in [2.05, 4.69) is 26.1 Å². The molecule has 0 bridgehead atoms. The zero-order chi connectivity index (χ0) is 26.0. The third kappa shape index (κ3) is 5.95. The van der Waals surface area contributed by atoms with Crippen LogP contribution in [0.25, 0.3) is 0 Å². The molecule has 5 atom stereocenters. The maximum absolute atomic E-state index is 12.7. The Balaban J connectivity index is 2.13. The minimum atomic E-state index is -3.15. The number of aliphatic hydroxyl groups excluding tert-OH is 3. The zero-order valence-electron chi connectivity index (χ0n) is 21.4. The van der Waals surface area contributed by atoms with Crippen molar-refractivity contribution in [3.63, 3.8) is 0 Å². The normalized spacial score (nSPS) is 25.7. The molecule has 0 radical (unpaired) electrons. The number of hydrogen-bond acceptors (Lipinski definition) is 6. The first kappa shape index (κ1) is 27.4.